The molecule has 1 aromatic rings. The summed E-state index contributed by atoms with van der Waals surface area (Å²) in [5.74, 6) is -0.409. The third-order valence-electron chi connectivity index (χ3n) is 2.72. The van der Waals surface area contributed by atoms with Crippen LogP contribution in [0.3, 0.4) is 0 Å². The van der Waals surface area contributed by atoms with Crippen LogP contribution in [0.2, 0.25) is 25.7 Å². The standard InChI is InChI=1S/C12H21IN2O3Si/c1-9-10(13)11(12(16)17-2)14-15(9)8-18-6-7-19(3,4)5/h6-8H2,1-5H3. The molecule has 0 saturated carbocycles. The third kappa shape index (κ3) is 4.88. The molecule has 0 N–H and O–H groups in total. The molecule has 1 heterocycles. The van der Waals surface area contributed by atoms with Gasteiger partial charge in [0.25, 0.3) is 0 Å². The maximum absolute atomic E-state index is 11.5. The van der Waals surface area contributed by atoms with Crippen molar-refractivity contribution in [1.82, 2.24) is 9.78 Å². The van der Waals surface area contributed by atoms with E-state index in [1.165, 1.54) is 7.11 Å². The number of hydrogen-bond acceptors (Lipinski definition) is 4. The number of esters is 1. The first-order valence-electron chi connectivity index (χ1n) is 6.15. The van der Waals surface area contributed by atoms with Crippen LogP contribution in [0, 0.1) is 10.5 Å². The van der Waals surface area contributed by atoms with Crippen molar-refractivity contribution in [1.29, 1.82) is 0 Å². The lowest BCUT2D eigenvalue weighted by Crippen LogP contribution is -2.22. The number of aromatic nitrogens is 2. The lowest BCUT2D eigenvalue weighted by molar-refractivity contribution is 0.0581. The zero-order chi connectivity index (χ0) is 14.6. The number of nitrogens with zero attached hydrogens (tertiary/aromatic N) is 2. The molecule has 0 fully saturated rings. The molecule has 1 rings (SSSR count). The molecule has 0 aliphatic rings. The zero-order valence-corrected chi connectivity index (χ0v) is 15.3. The highest BCUT2D eigenvalue weighted by molar-refractivity contribution is 14.1. The predicted molar refractivity (Wildman–Crippen MR) is 85.1 cm³/mol. The summed E-state index contributed by atoms with van der Waals surface area (Å²) >= 11 is 2.11. The molecular formula is C12H21IN2O3Si. The smallest absolute Gasteiger partial charge is 0.359 e. The highest BCUT2D eigenvalue weighted by Crippen LogP contribution is 2.17. The number of ether oxygens (including phenoxy) is 2. The van der Waals surface area contributed by atoms with E-state index in [0.717, 1.165) is 21.9 Å². The van der Waals surface area contributed by atoms with Gasteiger partial charge in [0.15, 0.2) is 5.69 Å². The van der Waals surface area contributed by atoms with Gasteiger partial charge in [0, 0.05) is 14.7 Å². The lowest BCUT2D eigenvalue weighted by atomic mass is 10.4. The topological polar surface area (TPSA) is 53.3 Å². The fourth-order valence-corrected chi connectivity index (χ4v) is 2.77. The number of carbonyl (C=O) groups is 1. The van der Waals surface area contributed by atoms with E-state index in [4.69, 9.17) is 9.47 Å². The minimum Gasteiger partial charge on any atom is -0.464 e. The van der Waals surface area contributed by atoms with Crippen LogP contribution in [-0.2, 0) is 16.2 Å². The van der Waals surface area contributed by atoms with Gasteiger partial charge < -0.3 is 9.47 Å². The molecule has 0 atom stereocenters. The summed E-state index contributed by atoms with van der Waals surface area (Å²) in [6.45, 7) is 9.97. The fraction of sp³-hybridized carbons (Fsp3) is 0.667. The van der Waals surface area contributed by atoms with Gasteiger partial charge in [0.2, 0.25) is 0 Å². The van der Waals surface area contributed by atoms with Gasteiger partial charge in [0.1, 0.15) is 6.73 Å². The second-order valence-electron chi connectivity index (χ2n) is 5.59. The summed E-state index contributed by atoms with van der Waals surface area (Å²) in [5, 5.41) is 4.24. The number of hydrogen-bond donors (Lipinski definition) is 0. The molecule has 0 radical (unpaired) electrons. The lowest BCUT2D eigenvalue weighted by Gasteiger charge is -2.15. The van der Waals surface area contributed by atoms with E-state index >= 15 is 0 Å². The quantitative estimate of drug-likeness (QED) is 0.321. The molecule has 0 amide bonds. The van der Waals surface area contributed by atoms with Crippen LogP contribution in [0.1, 0.15) is 16.2 Å². The highest BCUT2D eigenvalue weighted by Gasteiger charge is 2.19. The van der Waals surface area contributed by atoms with Crippen molar-refractivity contribution in [2.45, 2.75) is 39.3 Å². The van der Waals surface area contributed by atoms with Crippen LogP contribution in [0.15, 0.2) is 0 Å². The van der Waals surface area contributed by atoms with Crippen LogP contribution in [0.4, 0.5) is 0 Å². The van der Waals surface area contributed by atoms with Crippen molar-refractivity contribution in [3.8, 4) is 0 Å². The van der Waals surface area contributed by atoms with Crippen molar-refractivity contribution in [3.63, 3.8) is 0 Å². The zero-order valence-electron chi connectivity index (χ0n) is 12.1. The van der Waals surface area contributed by atoms with E-state index in [2.05, 4.69) is 47.3 Å². The average Bonchev–Trinajstić information content (AvgIpc) is 2.60. The van der Waals surface area contributed by atoms with Crippen molar-refractivity contribution in [2.75, 3.05) is 13.7 Å². The number of rotatable bonds is 6. The number of methoxy groups -OCH3 is 1. The molecule has 0 bridgehead atoms. The first kappa shape index (κ1) is 16.6. The second kappa shape index (κ2) is 6.85. The van der Waals surface area contributed by atoms with E-state index in [9.17, 15) is 4.79 Å². The van der Waals surface area contributed by atoms with Gasteiger partial charge in [-0.05, 0) is 35.6 Å². The van der Waals surface area contributed by atoms with Crippen LogP contribution < -0.4 is 0 Å². The number of carbonyl (C=O) groups excluding carboxylic acids is 1. The molecule has 0 aliphatic heterocycles. The van der Waals surface area contributed by atoms with Crippen LogP contribution >= 0.6 is 22.6 Å². The molecule has 19 heavy (non-hydrogen) atoms. The van der Waals surface area contributed by atoms with Gasteiger partial charge in [-0.1, -0.05) is 19.6 Å². The second-order valence-corrected chi connectivity index (χ2v) is 12.3. The van der Waals surface area contributed by atoms with Gasteiger partial charge >= 0.3 is 5.97 Å². The van der Waals surface area contributed by atoms with Gasteiger partial charge in [-0.3, -0.25) is 0 Å². The first-order chi connectivity index (χ1) is 8.76. The molecule has 0 unspecified atom stereocenters. The molecule has 0 aliphatic carbocycles. The summed E-state index contributed by atoms with van der Waals surface area (Å²) in [6, 6.07) is 1.12. The summed E-state index contributed by atoms with van der Waals surface area (Å²) in [6.07, 6.45) is 0. The van der Waals surface area contributed by atoms with E-state index in [1.807, 2.05) is 6.92 Å². The Bertz CT molecular complexity index is 455. The molecule has 0 spiro atoms. The molecule has 0 saturated heterocycles. The minimum absolute atomic E-state index is 0.356. The molecular weight excluding hydrogens is 375 g/mol. The Hall–Kier alpha value is -0.413. The van der Waals surface area contributed by atoms with Gasteiger partial charge in [-0.15, -0.1) is 0 Å². The van der Waals surface area contributed by atoms with E-state index in [1.54, 1.807) is 4.68 Å². The fourth-order valence-electron chi connectivity index (χ4n) is 1.41. The summed E-state index contributed by atoms with van der Waals surface area (Å²) in [5.41, 5.74) is 1.28. The van der Waals surface area contributed by atoms with Crippen molar-refractivity contribution in [2.24, 2.45) is 0 Å². The molecule has 108 valence electrons. The maximum Gasteiger partial charge on any atom is 0.359 e. The van der Waals surface area contributed by atoms with E-state index < -0.39 is 14.0 Å². The molecule has 7 heteroatoms. The maximum atomic E-state index is 11.5. The molecule has 1 aromatic heterocycles. The first-order valence-corrected chi connectivity index (χ1v) is 10.9. The SMILES string of the molecule is COC(=O)c1nn(COCC[Si](C)(C)C)c(C)c1I. The minimum atomic E-state index is -1.07. The Morgan fingerprint density at radius 1 is 1.42 bits per heavy atom. The Labute approximate surface area is 128 Å². The largest absolute Gasteiger partial charge is 0.464 e. The average molecular weight is 396 g/mol. The van der Waals surface area contributed by atoms with E-state index in [0.29, 0.717) is 12.4 Å². The van der Waals surface area contributed by atoms with Gasteiger partial charge in [0.05, 0.1) is 16.4 Å². The highest BCUT2D eigenvalue weighted by atomic mass is 127. The van der Waals surface area contributed by atoms with Crippen molar-refractivity contribution in [3.05, 3.63) is 15.0 Å². The Kier molecular flexibility index (Phi) is 6.00. The van der Waals surface area contributed by atoms with Crippen molar-refractivity contribution < 1.29 is 14.3 Å². The normalized spacial score (nSPS) is 11.7. The molecule has 0 aromatic carbocycles. The predicted octanol–water partition coefficient (Wildman–Crippen LogP) is 2.90. The summed E-state index contributed by atoms with van der Waals surface area (Å²) in [4.78, 5) is 11.5. The Balaban J connectivity index is 2.62. The third-order valence-corrected chi connectivity index (χ3v) is 5.72. The van der Waals surface area contributed by atoms with Crippen LogP contribution in [-0.4, -0.2) is 37.5 Å². The molecule has 5 nitrogen and oxygen atoms in total. The Morgan fingerprint density at radius 2 is 2.05 bits per heavy atom. The van der Waals surface area contributed by atoms with Crippen molar-refractivity contribution >= 4 is 36.6 Å². The summed E-state index contributed by atoms with van der Waals surface area (Å²) in [7, 11) is 0.290. The van der Waals surface area contributed by atoms with Crippen LogP contribution in [0.25, 0.3) is 0 Å². The Morgan fingerprint density at radius 3 is 2.58 bits per heavy atom. The monoisotopic (exact) mass is 396 g/mol. The summed E-state index contributed by atoms with van der Waals surface area (Å²) < 4.78 is 12.9. The van der Waals surface area contributed by atoms with Crippen LogP contribution in [0.5, 0.6) is 0 Å². The number of halogens is 1. The van der Waals surface area contributed by atoms with E-state index in [-0.39, 0.29) is 0 Å². The van der Waals surface area contributed by atoms with Gasteiger partial charge in [-0.2, -0.15) is 5.10 Å². The van der Waals surface area contributed by atoms with Gasteiger partial charge in [-0.25, -0.2) is 9.48 Å².